The summed E-state index contributed by atoms with van der Waals surface area (Å²) < 4.78 is 10.4. The third kappa shape index (κ3) is 5.26. The molecule has 2 N–H and O–H groups in total. The Morgan fingerprint density at radius 1 is 1.33 bits per heavy atom. The molecule has 0 unspecified atom stereocenters. The number of nitrogens with one attached hydrogen (secondary N) is 1. The average molecular weight is 390 g/mol. The summed E-state index contributed by atoms with van der Waals surface area (Å²) in [5.74, 6) is -0.484. The van der Waals surface area contributed by atoms with Crippen LogP contribution in [0.4, 0.5) is 0 Å². The number of hydrogen-bond donors (Lipinski definition) is 2. The molecule has 2 aliphatic rings. The van der Waals surface area contributed by atoms with E-state index in [1.54, 1.807) is 24.3 Å². The van der Waals surface area contributed by atoms with Gasteiger partial charge in [0, 0.05) is 0 Å². The van der Waals surface area contributed by atoms with Crippen molar-refractivity contribution in [3.63, 3.8) is 0 Å². The molecule has 0 bridgehead atoms. The third-order valence-electron chi connectivity index (χ3n) is 4.36. The summed E-state index contributed by atoms with van der Waals surface area (Å²) in [4.78, 5) is 28.1. The largest absolute Gasteiger partial charge is 0.493 e. The molecule has 1 saturated heterocycles. The van der Waals surface area contributed by atoms with Crippen LogP contribution < -0.4 is 14.8 Å². The van der Waals surface area contributed by atoms with Crippen LogP contribution in [0.25, 0.3) is 6.08 Å². The number of carbonyl (C=O) groups is 2. The summed E-state index contributed by atoms with van der Waals surface area (Å²) >= 11 is 1.34. The van der Waals surface area contributed by atoms with E-state index in [1.165, 1.54) is 38.1 Å². The van der Waals surface area contributed by atoms with Crippen LogP contribution in [0.2, 0.25) is 0 Å². The molecule has 1 amide bonds. The number of thioether (sulfide) groups is 1. The van der Waals surface area contributed by atoms with Crippen molar-refractivity contribution in [2.75, 3.05) is 13.7 Å². The first kappa shape index (κ1) is 19.3. The van der Waals surface area contributed by atoms with E-state index < -0.39 is 12.6 Å². The van der Waals surface area contributed by atoms with Gasteiger partial charge in [-0.3, -0.25) is 9.79 Å². The smallest absolute Gasteiger partial charge is 0.341 e. The van der Waals surface area contributed by atoms with Crippen molar-refractivity contribution in [2.45, 2.75) is 38.1 Å². The molecular weight excluding hydrogens is 368 g/mol. The molecule has 7 nitrogen and oxygen atoms in total. The Kier molecular flexibility index (Phi) is 6.39. The second kappa shape index (κ2) is 8.94. The highest BCUT2D eigenvalue weighted by molar-refractivity contribution is 8.18. The van der Waals surface area contributed by atoms with Crippen LogP contribution in [0.3, 0.4) is 0 Å². The molecular formula is C19H22N2O5S. The molecule has 1 aliphatic heterocycles. The van der Waals surface area contributed by atoms with E-state index in [2.05, 4.69) is 10.3 Å². The first-order chi connectivity index (χ1) is 13.0. The van der Waals surface area contributed by atoms with Gasteiger partial charge in [-0.2, -0.15) is 0 Å². The van der Waals surface area contributed by atoms with Crippen LogP contribution in [-0.4, -0.2) is 41.9 Å². The van der Waals surface area contributed by atoms with Crippen molar-refractivity contribution < 1.29 is 24.2 Å². The summed E-state index contributed by atoms with van der Waals surface area (Å²) in [7, 11) is 1.48. The summed E-state index contributed by atoms with van der Waals surface area (Å²) in [5.41, 5.74) is 0.756. The molecule has 144 valence electrons. The van der Waals surface area contributed by atoms with E-state index in [0.29, 0.717) is 27.6 Å². The van der Waals surface area contributed by atoms with Crippen LogP contribution in [0.5, 0.6) is 11.5 Å². The lowest BCUT2D eigenvalue weighted by molar-refractivity contribution is -0.139. The summed E-state index contributed by atoms with van der Waals surface area (Å²) in [5, 5.41) is 12.2. The number of aliphatic imine (C=N–C) groups is 1. The van der Waals surface area contributed by atoms with E-state index in [1.807, 2.05) is 0 Å². The van der Waals surface area contributed by atoms with E-state index in [0.717, 1.165) is 18.4 Å². The first-order valence-corrected chi connectivity index (χ1v) is 9.68. The summed E-state index contributed by atoms with van der Waals surface area (Å²) in [6.07, 6.45) is 7.56. The number of hydrogen-bond acceptors (Lipinski definition) is 6. The molecule has 1 aliphatic carbocycles. The highest BCUT2D eigenvalue weighted by Gasteiger charge is 2.25. The van der Waals surface area contributed by atoms with Crippen LogP contribution in [0, 0.1) is 0 Å². The Balaban J connectivity index is 1.72. The number of amidine groups is 1. The number of rotatable bonds is 6. The molecule has 1 saturated carbocycles. The molecule has 1 aromatic rings. The number of nitrogens with zero attached hydrogens (tertiary/aromatic N) is 1. The van der Waals surface area contributed by atoms with Crippen molar-refractivity contribution in [1.29, 1.82) is 0 Å². The molecule has 8 heteroatoms. The Hall–Kier alpha value is -2.48. The standard InChI is InChI=1S/C19H22N2O5S/c1-25-15-9-12(7-8-14(15)26-11-17(22)23)10-16-18(24)21-19(27-16)20-13-5-3-2-4-6-13/h7-10,13H,2-6,11H2,1H3,(H,22,23)(H,20,21,24)/b16-10+. The van der Waals surface area contributed by atoms with Gasteiger partial charge in [0.25, 0.3) is 5.91 Å². The lowest BCUT2D eigenvalue weighted by atomic mass is 9.96. The van der Waals surface area contributed by atoms with Gasteiger partial charge in [0.2, 0.25) is 0 Å². The lowest BCUT2D eigenvalue weighted by Crippen LogP contribution is -2.22. The Labute approximate surface area is 161 Å². The number of methoxy groups -OCH3 is 1. The third-order valence-corrected chi connectivity index (χ3v) is 5.29. The quantitative estimate of drug-likeness (QED) is 0.725. The van der Waals surface area contributed by atoms with Crippen molar-refractivity contribution in [2.24, 2.45) is 4.99 Å². The minimum atomic E-state index is -1.06. The molecule has 1 aromatic carbocycles. The number of amides is 1. The van der Waals surface area contributed by atoms with Gasteiger partial charge in [-0.1, -0.05) is 25.3 Å². The highest BCUT2D eigenvalue weighted by Crippen LogP contribution is 2.32. The fourth-order valence-corrected chi connectivity index (χ4v) is 3.94. The molecule has 3 rings (SSSR count). The minimum absolute atomic E-state index is 0.167. The predicted molar refractivity (Wildman–Crippen MR) is 104 cm³/mol. The minimum Gasteiger partial charge on any atom is -0.493 e. The van der Waals surface area contributed by atoms with Crippen LogP contribution in [0.15, 0.2) is 28.1 Å². The van der Waals surface area contributed by atoms with E-state index in [-0.39, 0.29) is 5.91 Å². The number of ether oxygens (including phenoxy) is 2. The molecule has 2 fully saturated rings. The highest BCUT2D eigenvalue weighted by atomic mass is 32.2. The number of carboxylic acid groups (broad SMARTS) is 1. The summed E-state index contributed by atoms with van der Waals surface area (Å²) in [6.45, 7) is -0.448. The monoisotopic (exact) mass is 390 g/mol. The van der Waals surface area contributed by atoms with Gasteiger partial charge >= 0.3 is 5.97 Å². The predicted octanol–water partition coefficient (Wildman–Crippen LogP) is 3.05. The zero-order chi connectivity index (χ0) is 19.2. The zero-order valence-electron chi connectivity index (χ0n) is 15.1. The first-order valence-electron chi connectivity index (χ1n) is 8.86. The number of aliphatic carboxylic acids is 1. The van der Waals surface area contributed by atoms with E-state index in [4.69, 9.17) is 14.6 Å². The Morgan fingerprint density at radius 3 is 2.81 bits per heavy atom. The van der Waals surface area contributed by atoms with Gasteiger partial charge in [0.15, 0.2) is 23.3 Å². The average Bonchev–Trinajstić information content (AvgIpc) is 3.00. The molecule has 0 aromatic heterocycles. The number of carboxylic acids is 1. The fraction of sp³-hybridized carbons (Fsp3) is 0.421. The maximum atomic E-state index is 12.2. The van der Waals surface area contributed by atoms with Gasteiger partial charge in [-0.15, -0.1) is 0 Å². The molecule has 0 atom stereocenters. The van der Waals surface area contributed by atoms with Gasteiger partial charge in [-0.05, 0) is 48.4 Å². The molecule has 1 heterocycles. The normalized spacial score (nSPS) is 20.7. The molecule has 0 radical (unpaired) electrons. The second-order valence-electron chi connectivity index (χ2n) is 6.38. The maximum Gasteiger partial charge on any atom is 0.341 e. The van der Waals surface area contributed by atoms with Gasteiger partial charge in [0.05, 0.1) is 18.1 Å². The molecule has 0 spiro atoms. The fourth-order valence-electron chi connectivity index (χ4n) is 3.05. The van der Waals surface area contributed by atoms with Crippen LogP contribution in [-0.2, 0) is 9.59 Å². The summed E-state index contributed by atoms with van der Waals surface area (Å²) in [6, 6.07) is 5.38. The van der Waals surface area contributed by atoms with Crippen LogP contribution in [0.1, 0.15) is 37.7 Å². The SMILES string of the molecule is COc1cc(/C=C2/SC(=NC3CCCCC3)NC2=O)ccc1OCC(=O)O. The second-order valence-corrected chi connectivity index (χ2v) is 7.41. The van der Waals surface area contributed by atoms with Crippen molar-refractivity contribution in [1.82, 2.24) is 5.32 Å². The Morgan fingerprint density at radius 2 is 2.11 bits per heavy atom. The zero-order valence-corrected chi connectivity index (χ0v) is 15.9. The number of carbonyl (C=O) groups excluding carboxylic acids is 1. The maximum absolute atomic E-state index is 12.2. The van der Waals surface area contributed by atoms with E-state index >= 15 is 0 Å². The van der Waals surface area contributed by atoms with Crippen molar-refractivity contribution in [3.05, 3.63) is 28.7 Å². The van der Waals surface area contributed by atoms with Gasteiger partial charge in [0.1, 0.15) is 0 Å². The Bertz CT molecular complexity index is 784. The van der Waals surface area contributed by atoms with Crippen molar-refractivity contribution >= 4 is 34.9 Å². The number of benzene rings is 1. The van der Waals surface area contributed by atoms with Gasteiger partial charge in [-0.25, -0.2) is 4.79 Å². The lowest BCUT2D eigenvalue weighted by Gasteiger charge is -2.17. The van der Waals surface area contributed by atoms with E-state index in [9.17, 15) is 9.59 Å². The van der Waals surface area contributed by atoms with Crippen LogP contribution >= 0.6 is 11.8 Å². The van der Waals surface area contributed by atoms with Crippen molar-refractivity contribution in [3.8, 4) is 11.5 Å². The topological polar surface area (TPSA) is 97.2 Å². The molecule has 27 heavy (non-hydrogen) atoms. The van der Waals surface area contributed by atoms with Gasteiger partial charge < -0.3 is 19.9 Å².